The lowest BCUT2D eigenvalue weighted by Crippen LogP contribution is -2.39. The van der Waals surface area contributed by atoms with Gasteiger partial charge >= 0.3 is 0 Å². The molecule has 140 valence electrons. The molecule has 1 saturated heterocycles. The highest BCUT2D eigenvalue weighted by atomic mass is 35.5. The molecule has 8 heteroatoms. The molecule has 0 bridgehead atoms. The van der Waals surface area contributed by atoms with Gasteiger partial charge < -0.3 is 10.6 Å². The van der Waals surface area contributed by atoms with E-state index in [1.54, 1.807) is 6.20 Å². The van der Waals surface area contributed by atoms with Gasteiger partial charge in [0.05, 0.1) is 12.7 Å². The van der Waals surface area contributed by atoms with Crippen LogP contribution in [0.2, 0.25) is 0 Å². The second-order valence-corrected chi connectivity index (χ2v) is 6.10. The fourth-order valence-corrected chi connectivity index (χ4v) is 3.00. The molecule has 1 aromatic heterocycles. The third-order valence-corrected chi connectivity index (χ3v) is 4.30. The van der Waals surface area contributed by atoms with E-state index in [2.05, 4.69) is 27.6 Å². The number of carbonyl (C=O) groups excluding carboxylic acids is 1. The third-order valence-electron chi connectivity index (χ3n) is 4.30. The van der Waals surface area contributed by atoms with Gasteiger partial charge in [0, 0.05) is 12.6 Å². The molecule has 0 aliphatic carbocycles. The molecule has 0 radical (unpaired) electrons. The number of halogens is 2. The van der Waals surface area contributed by atoms with Crippen molar-refractivity contribution in [3.05, 3.63) is 12.3 Å². The van der Waals surface area contributed by atoms with Crippen LogP contribution in [0.5, 0.6) is 0 Å². The monoisotopic (exact) mass is 379 g/mol. The Bertz CT molecular complexity index is 461. The van der Waals surface area contributed by atoms with Gasteiger partial charge in [-0.05, 0) is 58.3 Å². The van der Waals surface area contributed by atoms with Crippen LogP contribution in [0.4, 0.5) is 5.82 Å². The molecule has 1 aliphatic rings. The molecular formula is C16H31Cl2N5O. The number of nitrogens with one attached hydrogen (secondary N) is 2. The van der Waals surface area contributed by atoms with Gasteiger partial charge in [-0.2, -0.15) is 5.10 Å². The zero-order valence-electron chi connectivity index (χ0n) is 14.7. The number of piperidine rings is 1. The molecule has 6 nitrogen and oxygen atoms in total. The molecule has 0 atom stereocenters. The fraction of sp³-hybridized carbons (Fsp3) is 0.750. The van der Waals surface area contributed by atoms with Gasteiger partial charge in [-0.15, -0.1) is 24.8 Å². The van der Waals surface area contributed by atoms with E-state index in [4.69, 9.17) is 0 Å². The SMILES string of the molecule is CCCn1nccc1NC(=O)CN1CCC(CCNC)CC1.Cl.Cl. The van der Waals surface area contributed by atoms with Crippen molar-refractivity contribution >= 4 is 36.5 Å². The molecule has 0 spiro atoms. The van der Waals surface area contributed by atoms with Crippen LogP contribution in [0.3, 0.4) is 0 Å². The number of hydrogen-bond acceptors (Lipinski definition) is 4. The largest absolute Gasteiger partial charge is 0.320 e. The van der Waals surface area contributed by atoms with Crippen LogP contribution in [-0.2, 0) is 11.3 Å². The van der Waals surface area contributed by atoms with E-state index in [0.717, 1.165) is 44.3 Å². The molecule has 1 fully saturated rings. The predicted molar refractivity (Wildman–Crippen MR) is 103 cm³/mol. The van der Waals surface area contributed by atoms with Crippen molar-refractivity contribution in [1.82, 2.24) is 20.0 Å². The Morgan fingerprint density at radius 2 is 2.04 bits per heavy atom. The fourth-order valence-electron chi connectivity index (χ4n) is 3.00. The number of aromatic nitrogens is 2. The zero-order valence-corrected chi connectivity index (χ0v) is 16.3. The van der Waals surface area contributed by atoms with Crippen LogP contribution in [0, 0.1) is 5.92 Å². The van der Waals surface area contributed by atoms with Crippen LogP contribution in [0.25, 0.3) is 0 Å². The lowest BCUT2D eigenvalue weighted by molar-refractivity contribution is -0.117. The van der Waals surface area contributed by atoms with E-state index >= 15 is 0 Å². The highest BCUT2D eigenvalue weighted by Gasteiger charge is 2.20. The number of aryl methyl sites for hydroxylation is 1. The summed E-state index contributed by atoms with van der Waals surface area (Å²) in [5.74, 6) is 1.67. The first-order valence-corrected chi connectivity index (χ1v) is 8.41. The van der Waals surface area contributed by atoms with Crippen molar-refractivity contribution in [2.24, 2.45) is 5.92 Å². The lowest BCUT2D eigenvalue weighted by atomic mass is 9.93. The number of likely N-dealkylation sites (tertiary alicyclic amines) is 1. The minimum atomic E-state index is 0. The maximum Gasteiger partial charge on any atom is 0.239 e. The van der Waals surface area contributed by atoms with Crippen LogP contribution in [-0.4, -0.2) is 53.8 Å². The van der Waals surface area contributed by atoms with Gasteiger partial charge in [-0.1, -0.05) is 6.92 Å². The molecule has 24 heavy (non-hydrogen) atoms. The Morgan fingerprint density at radius 1 is 1.33 bits per heavy atom. The summed E-state index contributed by atoms with van der Waals surface area (Å²) in [6, 6.07) is 1.86. The minimum absolute atomic E-state index is 0. The lowest BCUT2D eigenvalue weighted by Gasteiger charge is -2.31. The first-order chi connectivity index (χ1) is 10.7. The molecule has 1 aliphatic heterocycles. The van der Waals surface area contributed by atoms with Crippen LogP contribution in [0.1, 0.15) is 32.6 Å². The standard InChI is InChI=1S/C16H29N5O.2ClH/c1-3-10-21-15(5-9-18-21)19-16(22)13-20-11-6-14(7-12-20)4-8-17-2;;/h5,9,14,17H,3-4,6-8,10-13H2,1-2H3,(H,19,22);2*1H. The van der Waals surface area contributed by atoms with E-state index in [1.165, 1.54) is 19.3 Å². The van der Waals surface area contributed by atoms with Crippen molar-refractivity contribution in [3.8, 4) is 0 Å². The molecular weight excluding hydrogens is 349 g/mol. The third kappa shape index (κ3) is 7.38. The average molecular weight is 380 g/mol. The number of amides is 1. The maximum absolute atomic E-state index is 12.2. The van der Waals surface area contributed by atoms with Gasteiger partial charge in [-0.25, -0.2) is 4.68 Å². The molecule has 2 rings (SSSR count). The average Bonchev–Trinajstić information content (AvgIpc) is 2.94. The van der Waals surface area contributed by atoms with Crippen LogP contribution >= 0.6 is 24.8 Å². The Hall–Kier alpha value is -0.820. The number of nitrogens with zero attached hydrogens (tertiary/aromatic N) is 3. The van der Waals surface area contributed by atoms with E-state index in [1.807, 2.05) is 17.8 Å². The van der Waals surface area contributed by atoms with Crippen molar-refractivity contribution < 1.29 is 4.79 Å². The summed E-state index contributed by atoms with van der Waals surface area (Å²) >= 11 is 0. The van der Waals surface area contributed by atoms with Crippen molar-refractivity contribution in [1.29, 1.82) is 0 Å². The summed E-state index contributed by atoms with van der Waals surface area (Å²) in [6.07, 6.45) is 6.38. The van der Waals surface area contributed by atoms with E-state index in [-0.39, 0.29) is 30.7 Å². The van der Waals surface area contributed by atoms with E-state index in [9.17, 15) is 4.79 Å². The zero-order chi connectivity index (χ0) is 15.8. The van der Waals surface area contributed by atoms with E-state index < -0.39 is 0 Å². The van der Waals surface area contributed by atoms with Gasteiger partial charge in [-0.3, -0.25) is 9.69 Å². The predicted octanol–water partition coefficient (Wildman–Crippen LogP) is 2.40. The number of carbonyl (C=O) groups is 1. The Balaban J connectivity index is 0.00000264. The van der Waals surface area contributed by atoms with Crippen LogP contribution < -0.4 is 10.6 Å². The highest BCUT2D eigenvalue weighted by molar-refractivity contribution is 5.91. The second kappa shape index (κ2) is 12.5. The maximum atomic E-state index is 12.2. The second-order valence-electron chi connectivity index (χ2n) is 6.10. The molecule has 0 aromatic carbocycles. The van der Waals surface area contributed by atoms with Crippen molar-refractivity contribution in [2.45, 2.75) is 39.2 Å². The van der Waals surface area contributed by atoms with Gasteiger partial charge in [0.2, 0.25) is 5.91 Å². The molecule has 2 heterocycles. The van der Waals surface area contributed by atoms with Gasteiger partial charge in [0.25, 0.3) is 0 Å². The molecule has 1 amide bonds. The topological polar surface area (TPSA) is 62.2 Å². The summed E-state index contributed by atoms with van der Waals surface area (Å²) in [6.45, 7) is 6.56. The Labute approximate surface area is 157 Å². The molecule has 0 unspecified atom stereocenters. The minimum Gasteiger partial charge on any atom is -0.320 e. The highest BCUT2D eigenvalue weighted by Crippen LogP contribution is 2.19. The quantitative estimate of drug-likeness (QED) is 0.727. The first kappa shape index (κ1) is 23.2. The summed E-state index contributed by atoms with van der Waals surface area (Å²) in [7, 11) is 2.00. The molecule has 2 N–H and O–H groups in total. The smallest absolute Gasteiger partial charge is 0.239 e. The molecule has 0 saturated carbocycles. The summed E-state index contributed by atoms with van der Waals surface area (Å²) < 4.78 is 1.85. The molecule has 1 aromatic rings. The van der Waals surface area contributed by atoms with Crippen molar-refractivity contribution in [3.63, 3.8) is 0 Å². The normalized spacial score (nSPS) is 15.4. The first-order valence-electron chi connectivity index (χ1n) is 8.41. The Morgan fingerprint density at radius 3 is 2.67 bits per heavy atom. The van der Waals surface area contributed by atoms with E-state index in [0.29, 0.717) is 6.54 Å². The van der Waals surface area contributed by atoms with Crippen molar-refractivity contribution in [2.75, 3.05) is 38.5 Å². The number of hydrogen-bond donors (Lipinski definition) is 2. The Kier molecular flexibility index (Phi) is 12.1. The van der Waals surface area contributed by atoms with Gasteiger partial charge in [0.15, 0.2) is 0 Å². The summed E-state index contributed by atoms with van der Waals surface area (Å²) in [5, 5.41) is 10.4. The van der Waals surface area contributed by atoms with Crippen LogP contribution in [0.15, 0.2) is 12.3 Å². The van der Waals surface area contributed by atoms with Gasteiger partial charge in [0.1, 0.15) is 5.82 Å². The summed E-state index contributed by atoms with van der Waals surface area (Å²) in [5.41, 5.74) is 0. The number of anilines is 1. The summed E-state index contributed by atoms with van der Waals surface area (Å²) in [4.78, 5) is 14.4. The number of rotatable bonds is 8.